The van der Waals surface area contributed by atoms with Crippen molar-refractivity contribution in [2.24, 2.45) is 0 Å². The Hall–Kier alpha value is -0.290. The molecule has 0 unspecified atom stereocenters. The summed E-state index contributed by atoms with van der Waals surface area (Å²) in [7, 11) is -9.32. The summed E-state index contributed by atoms with van der Waals surface area (Å²) < 4.78 is 72.3. The fraction of sp³-hybridized carbons (Fsp3) is 0.267. The molecule has 0 saturated heterocycles. The van der Waals surface area contributed by atoms with Gasteiger partial charge in [-0.1, -0.05) is 0 Å². The number of benzene rings is 1. The minimum atomic E-state index is -5.72. The molecule has 4 N–H and O–H groups in total. The molecule has 1 aliphatic carbocycles. The van der Waals surface area contributed by atoms with Gasteiger partial charge in [0.25, 0.3) is 24.3 Å². The minimum absolute atomic E-state index is 0. The van der Waals surface area contributed by atoms with Crippen molar-refractivity contribution in [3.8, 4) is 5.75 Å². The van der Waals surface area contributed by atoms with Gasteiger partial charge in [0.15, 0.2) is 5.78 Å². The zero-order valence-electron chi connectivity index (χ0n) is 14.4. The van der Waals surface area contributed by atoms with Crippen LogP contribution in [0.1, 0.15) is 10.4 Å². The predicted octanol–water partition coefficient (Wildman–Crippen LogP) is -1.80. The summed E-state index contributed by atoms with van der Waals surface area (Å²) in [4.78, 5) is 12.7. The van der Waals surface area contributed by atoms with E-state index in [4.69, 9.17) is 4.74 Å². The van der Waals surface area contributed by atoms with E-state index >= 15 is 0 Å². The standard InChI is InChI=1S/C15H16O11S2.2Na.2H/c1-25-10-5-3-9(4-6-10)13(16)11-7-15(27(19,20)21,28(22,23)24)12(26-2)8-14(11,17)18;;;;/h3-8,17-18H,1-2H3,(H,19,20,21)(H,22,23,24);;;;. The third-order valence-electron chi connectivity index (χ3n) is 3.99. The van der Waals surface area contributed by atoms with Crippen LogP contribution >= 0.6 is 0 Å². The molecule has 0 bridgehead atoms. The van der Waals surface area contributed by atoms with E-state index in [0.717, 1.165) is 7.11 Å². The molecular weight excluding hydrogens is 466 g/mol. The number of carbonyl (C=O) groups excluding carboxylic acids is 1. The molecule has 0 amide bonds. The third kappa shape index (κ3) is 5.19. The Balaban J connectivity index is 0.00000420. The second-order valence-electron chi connectivity index (χ2n) is 5.67. The first-order valence-corrected chi connectivity index (χ1v) is 10.2. The maximum atomic E-state index is 12.7. The summed E-state index contributed by atoms with van der Waals surface area (Å²) in [6.07, 6.45) is 0.189. The molecule has 0 heterocycles. The van der Waals surface area contributed by atoms with Crippen molar-refractivity contribution in [2.45, 2.75) is 9.87 Å². The molecular formula is C15H18Na2O11S2. The van der Waals surface area contributed by atoms with Crippen molar-refractivity contribution in [3.05, 3.63) is 53.3 Å². The van der Waals surface area contributed by atoms with E-state index in [1.54, 1.807) is 0 Å². The summed E-state index contributed by atoms with van der Waals surface area (Å²) in [6, 6.07) is 5.05. The first-order valence-electron chi connectivity index (χ1n) is 7.29. The number of aliphatic hydroxyl groups is 2. The number of hydrogen-bond acceptors (Lipinski definition) is 9. The summed E-state index contributed by atoms with van der Waals surface area (Å²) in [5, 5.41) is 20.3. The summed E-state index contributed by atoms with van der Waals surface area (Å²) in [5.74, 6) is -5.27. The van der Waals surface area contributed by atoms with Gasteiger partial charge in [-0.05, 0) is 30.3 Å². The van der Waals surface area contributed by atoms with Crippen LogP contribution in [0.25, 0.3) is 0 Å². The summed E-state index contributed by atoms with van der Waals surface area (Å²) >= 11 is 0. The zero-order chi connectivity index (χ0) is 21.5. The zero-order valence-corrected chi connectivity index (χ0v) is 16.1. The normalized spacial score (nSPS) is 17.4. The van der Waals surface area contributed by atoms with Gasteiger partial charge < -0.3 is 19.7 Å². The van der Waals surface area contributed by atoms with E-state index in [0.29, 0.717) is 5.75 Å². The summed E-state index contributed by atoms with van der Waals surface area (Å²) in [6.45, 7) is 0. The van der Waals surface area contributed by atoms with Gasteiger partial charge in [-0.3, -0.25) is 13.9 Å². The van der Waals surface area contributed by atoms with E-state index in [1.807, 2.05) is 0 Å². The SMILES string of the molecule is COC1=CC(O)(O)C(C(=O)c2ccc(OC)cc2)=CC1(S(=O)(=O)O)S(=O)(=O)O.[NaH].[NaH]. The van der Waals surface area contributed by atoms with Crippen LogP contribution in [0.5, 0.6) is 5.75 Å². The molecule has 0 saturated carbocycles. The first-order chi connectivity index (χ1) is 12.7. The first kappa shape index (κ1) is 29.7. The monoisotopic (exact) mass is 484 g/mol. The molecule has 0 aliphatic heterocycles. The van der Waals surface area contributed by atoms with E-state index in [-0.39, 0.29) is 76.8 Å². The maximum absolute atomic E-state index is 12.7. The van der Waals surface area contributed by atoms with Crippen molar-refractivity contribution in [1.82, 2.24) is 0 Å². The molecule has 0 spiro atoms. The van der Waals surface area contributed by atoms with Crippen molar-refractivity contribution in [1.29, 1.82) is 0 Å². The molecule has 30 heavy (non-hydrogen) atoms. The second-order valence-corrected chi connectivity index (χ2v) is 9.12. The second kappa shape index (κ2) is 10.1. The van der Waals surface area contributed by atoms with Crippen LogP contribution in [0.4, 0.5) is 0 Å². The number of ketones is 1. The van der Waals surface area contributed by atoms with Crippen LogP contribution < -0.4 is 4.74 Å². The van der Waals surface area contributed by atoms with Crippen LogP contribution in [-0.2, 0) is 25.0 Å². The van der Waals surface area contributed by atoms with Crippen LogP contribution in [0.2, 0.25) is 0 Å². The number of ether oxygens (including phenoxy) is 2. The quantitative estimate of drug-likeness (QED) is 0.155. The Labute approximate surface area is 216 Å². The molecule has 2 rings (SSSR count). The van der Waals surface area contributed by atoms with E-state index in [9.17, 15) is 40.9 Å². The molecule has 1 aromatic carbocycles. The molecule has 158 valence electrons. The molecule has 1 aliphatic rings. The Morgan fingerprint density at radius 2 is 1.33 bits per heavy atom. The van der Waals surface area contributed by atoms with Gasteiger partial charge in [0.05, 0.1) is 19.8 Å². The molecule has 0 fully saturated rings. The van der Waals surface area contributed by atoms with Crippen molar-refractivity contribution < 1.29 is 50.4 Å². The predicted molar refractivity (Wildman–Crippen MR) is 108 cm³/mol. The van der Waals surface area contributed by atoms with Gasteiger partial charge in [-0.15, -0.1) is 0 Å². The van der Waals surface area contributed by atoms with E-state index in [1.165, 1.54) is 31.4 Å². The van der Waals surface area contributed by atoms with Gasteiger partial charge >= 0.3 is 59.1 Å². The summed E-state index contributed by atoms with van der Waals surface area (Å²) in [5.41, 5.74) is -1.36. The fourth-order valence-corrected chi connectivity index (χ4v) is 4.99. The molecule has 0 atom stereocenters. The van der Waals surface area contributed by atoms with Crippen molar-refractivity contribution in [2.75, 3.05) is 14.2 Å². The Kier molecular flexibility index (Phi) is 10.0. The number of methoxy groups -OCH3 is 2. The van der Waals surface area contributed by atoms with Crippen LogP contribution in [0.15, 0.2) is 47.7 Å². The molecule has 11 nitrogen and oxygen atoms in total. The number of rotatable bonds is 6. The molecule has 1 aromatic rings. The van der Waals surface area contributed by atoms with Crippen LogP contribution in [0.3, 0.4) is 0 Å². The number of carbonyl (C=O) groups is 1. The topological polar surface area (TPSA) is 185 Å². The van der Waals surface area contributed by atoms with E-state index in [2.05, 4.69) is 4.74 Å². The van der Waals surface area contributed by atoms with Gasteiger partial charge in [-0.2, -0.15) is 16.8 Å². The Morgan fingerprint density at radius 1 is 0.867 bits per heavy atom. The third-order valence-corrected chi connectivity index (χ3v) is 7.42. The van der Waals surface area contributed by atoms with Crippen molar-refractivity contribution in [3.63, 3.8) is 0 Å². The molecule has 0 radical (unpaired) electrons. The van der Waals surface area contributed by atoms with Gasteiger partial charge in [0.1, 0.15) is 11.5 Å². The van der Waals surface area contributed by atoms with Crippen LogP contribution in [0, 0.1) is 0 Å². The average molecular weight is 484 g/mol. The van der Waals surface area contributed by atoms with Crippen LogP contribution in [-0.4, -0.2) is 125 Å². The fourth-order valence-electron chi connectivity index (χ4n) is 2.60. The van der Waals surface area contributed by atoms with Crippen molar-refractivity contribution >= 4 is 85.1 Å². The average Bonchev–Trinajstić information content (AvgIpc) is 2.58. The van der Waals surface area contributed by atoms with E-state index < -0.39 is 47.2 Å². The van der Waals surface area contributed by atoms with Gasteiger partial charge in [0, 0.05) is 11.6 Å². The Bertz CT molecular complexity index is 1040. The van der Waals surface area contributed by atoms with Gasteiger partial charge in [-0.25, -0.2) is 0 Å². The van der Waals surface area contributed by atoms with Gasteiger partial charge in [0.2, 0.25) is 5.79 Å². The Morgan fingerprint density at radius 3 is 1.70 bits per heavy atom. The number of hydrogen-bond donors (Lipinski definition) is 4. The molecule has 15 heteroatoms. The molecule has 0 aromatic heterocycles. The number of Topliss-reactive ketones (excluding diaryl/α,β-unsaturated/α-hetero) is 1.